The average molecular weight is 324 g/mol. The van der Waals surface area contributed by atoms with E-state index in [1.54, 1.807) is 0 Å². The molecule has 3 nitrogen and oxygen atoms in total. The molecule has 14 heavy (non-hydrogen) atoms. The van der Waals surface area contributed by atoms with Gasteiger partial charge in [0.05, 0.1) is 10.2 Å². The number of aromatic nitrogens is 1. The summed E-state index contributed by atoms with van der Waals surface area (Å²) in [6, 6.07) is 1.92. The van der Waals surface area contributed by atoms with Gasteiger partial charge in [-0.05, 0) is 51.8 Å². The van der Waals surface area contributed by atoms with Crippen molar-refractivity contribution in [2.75, 3.05) is 6.61 Å². The van der Waals surface area contributed by atoms with E-state index in [4.69, 9.17) is 10.5 Å². The lowest BCUT2D eigenvalue weighted by Crippen LogP contribution is -2.24. The van der Waals surface area contributed by atoms with Gasteiger partial charge in [0.1, 0.15) is 6.61 Å². The third kappa shape index (κ3) is 3.22. The molecule has 0 aliphatic heterocycles. The van der Waals surface area contributed by atoms with Crippen molar-refractivity contribution >= 4 is 31.9 Å². The molecule has 1 heterocycles. The second kappa shape index (κ2) is 5.09. The molecule has 1 rings (SSSR count). The maximum Gasteiger partial charge on any atom is 0.228 e. The molecule has 0 aromatic carbocycles. The molecule has 0 bridgehead atoms. The Hall–Kier alpha value is -0.130. The topological polar surface area (TPSA) is 48.1 Å². The first-order valence-electron chi connectivity index (χ1n) is 4.21. The van der Waals surface area contributed by atoms with Crippen LogP contribution in [0, 0.1) is 6.92 Å². The van der Waals surface area contributed by atoms with E-state index >= 15 is 0 Å². The Bertz CT molecular complexity index is 329. The van der Waals surface area contributed by atoms with E-state index in [-0.39, 0.29) is 6.04 Å². The molecule has 1 aromatic heterocycles. The van der Waals surface area contributed by atoms with Crippen LogP contribution in [0.5, 0.6) is 5.88 Å². The van der Waals surface area contributed by atoms with E-state index < -0.39 is 0 Å². The Morgan fingerprint density at radius 1 is 1.50 bits per heavy atom. The molecule has 0 aliphatic carbocycles. The largest absolute Gasteiger partial charge is 0.475 e. The summed E-state index contributed by atoms with van der Waals surface area (Å²) in [5.74, 6) is 0.586. The predicted molar refractivity (Wildman–Crippen MR) is 63.5 cm³/mol. The van der Waals surface area contributed by atoms with Gasteiger partial charge in [0.2, 0.25) is 5.88 Å². The lowest BCUT2D eigenvalue weighted by molar-refractivity contribution is 0.283. The summed E-state index contributed by atoms with van der Waals surface area (Å²) in [5, 5.41) is 0. The molecule has 0 saturated heterocycles. The van der Waals surface area contributed by atoms with Gasteiger partial charge in [-0.3, -0.25) is 0 Å². The van der Waals surface area contributed by atoms with Crippen LogP contribution in [-0.4, -0.2) is 17.6 Å². The van der Waals surface area contributed by atoms with Crippen molar-refractivity contribution in [3.05, 3.63) is 20.7 Å². The minimum Gasteiger partial charge on any atom is -0.475 e. The first-order chi connectivity index (χ1) is 6.50. The quantitative estimate of drug-likeness (QED) is 0.930. The standard InChI is InChI=1S/C9H12Br2N2O/c1-5(12)4-14-9-8(11)3-7(10)6(2)13-9/h3,5H,4,12H2,1-2H3. The zero-order valence-electron chi connectivity index (χ0n) is 8.05. The highest BCUT2D eigenvalue weighted by molar-refractivity contribution is 9.11. The van der Waals surface area contributed by atoms with Gasteiger partial charge in [0.25, 0.3) is 0 Å². The minimum absolute atomic E-state index is 0.00709. The molecule has 1 atom stereocenters. The van der Waals surface area contributed by atoms with E-state index in [1.165, 1.54) is 0 Å². The molecule has 0 amide bonds. The number of ether oxygens (including phenoxy) is 1. The van der Waals surface area contributed by atoms with Crippen LogP contribution in [-0.2, 0) is 0 Å². The van der Waals surface area contributed by atoms with Crippen LogP contribution in [0.15, 0.2) is 15.0 Å². The first kappa shape index (κ1) is 11.9. The van der Waals surface area contributed by atoms with Gasteiger partial charge in [-0.2, -0.15) is 0 Å². The Morgan fingerprint density at radius 3 is 2.71 bits per heavy atom. The molecule has 2 N–H and O–H groups in total. The highest BCUT2D eigenvalue weighted by Crippen LogP contribution is 2.27. The van der Waals surface area contributed by atoms with Crippen molar-refractivity contribution in [1.82, 2.24) is 4.98 Å². The fourth-order valence-electron chi connectivity index (χ4n) is 0.848. The van der Waals surface area contributed by atoms with Gasteiger partial charge in [-0.1, -0.05) is 0 Å². The van der Waals surface area contributed by atoms with Crippen LogP contribution >= 0.6 is 31.9 Å². The summed E-state index contributed by atoms with van der Waals surface area (Å²) in [7, 11) is 0. The van der Waals surface area contributed by atoms with Gasteiger partial charge in [-0.15, -0.1) is 0 Å². The SMILES string of the molecule is Cc1nc(OCC(C)N)c(Br)cc1Br. The van der Waals surface area contributed by atoms with Gasteiger partial charge in [0, 0.05) is 10.5 Å². The second-order valence-electron chi connectivity index (χ2n) is 3.13. The van der Waals surface area contributed by atoms with E-state index in [2.05, 4.69) is 36.8 Å². The molecule has 1 unspecified atom stereocenters. The molecule has 0 aliphatic rings. The smallest absolute Gasteiger partial charge is 0.228 e. The summed E-state index contributed by atoms with van der Waals surface area (Å²) >= 11 is 6.76. The highest BCUT2D eigenvalue weighted by atomic mass is 79.9. The fourth-order valence-corrected chi connectivity index (χ4v) is 1.90. The molecule has 78 valence electrons. The minimum atomic E-state index is 0.00709. The molecule has 5 heteroatoms. The molecule has 0 spiro atoms. The Labute approximate surface area is 100 Å². The van der Waals surface area contributed by atoms with E-state index in [9.17, 15) is 0 Å². The third-order valence-electron chi connectivity index (χ3n) is 1.56. The zero-order valence-corrected chi connectivity index (χ0v) is 11.2. The maximum absolute atomic E-state index is 5.58. The number of nitrogens with two attached hydrogens (primary N) is 1. The van der Waals surface area contributed by atoms with Gasteiger partial charge in [0.15, 0.2) is 0 Å². The number of hydrogen-bond acceptors (Lipinski definition) is 3. The fraction of sp³-hybridized carbons (Fsp3) is 0.444. The lowest BCUT2D eigenvalue weighted by Gasteiger charge is -2.10. The van der Waals surface area contributed by atoms with Crippen LogP contribution in [0.4, 0.5) is 0 Å². The van der Waals surface area contributed by atoms with E-state index in [1.807, 2.05) is 19.9 Å². The Kier molecular flexibility index (Phi) is 4.34. The van der Waals surface area contributed by atoms with Crippen LogP contribution < -0.4 is 10.5 Å². The molecule has 1 aromatic rings. The Balaban J connectivity index is 2.82. The molecule has 0 saturated carbocycles. The summed E-state index contributed by atoms with van der Waals surface area (Å²) in [6.45, 7) is 4.27. The monoisotopic (exact) mass is 322 g/mol. The first-order valence-corrected chi connectivity index (χ1v) is 5.80. The van der Waals surface area contributed by atoms with Crippen molar-refractivity contribution in [2.45, 2.75) is 19.9 Å². The normalized spacial score (nSPS) is 12.6. The zero-order chi connectivity index (χ0) is 10.7. The van der Waals surface area contributed by atoms with E-state index in [0.29, 0.717) is 12.5 Å². The van der Waals surface area contributed by atoms with Crippen LogP contribution in [0.2, 0.25) is 0 Å². The summed E-state index contributed by atoms with van der Waals surface area (Å²) in [5.41, 5.74) is 6.48. The van der Waals surface area contributed by atoms with Gasteiger partial charge in [-0.25, -0.2) is 4.98 Å². The molecule has 0 radical (unpaired) electrons. The number of halogens is 2. The van der Waals surface area contributed by atoms with E-state index in [0.717, 1.165) is 14.6 Å². The second-order valence-corrected chi connectivity index (χ2v) is 4.84. The summed E-state index contributed by atoms with van der Waals surface area (Å²) in [6.07, 6.45) is 0. The van der Waals surface area contributed by atoms with Crippen molar-refractivity contribution < 1.29 is 4.74 Å². The molecule has 0 fully saturated rings. The number of rotatable bonds is 3. The van der Waals surface area contributed by atoms with Crippen LogP contribution in [0.3, 0.4) is 0 Å². The van der Waals surface area contributed by atoms with Crippen molar-refractivity contribution in [2.24, 2.45) is 5.73 Å². The molecular weight excluding hydrogens is 312 g/mol. The number of nitrogens with zero attached hydrogens (tertiary/aromatic N) is 1. The summed E-state index contributed by atoms with van der Waals surface area (Å²) in [4.78, 5) is 4.27. The maximum atomic E-state index is 5.58. The van der Waals surface area contributed by atoms with Gasteiger partial charge >= 0.3 is 0 Å². The molecular formula is C9H12Br2N2O. The van der Waals surface area contributed by atoms with Crippen molar-refractivity contribution in [3.63, 3.8) is 0 Å². The van der Waals surface area contributed by atoms with Crippen molar-refractivity contribution in [1.29, 1.82) is 0 Å². The summed E-state index contributed by atoms with van der Waals surface area (Å²) < 4.78 is 7.22. The Morgan fingerprint density at radius 2 is 2.14 bits per heavy atom. The lowest BCUT2D eigenvalue weighted by atomic mass is 10.4. The van der Waals surface area contributed by atoms with Crippen molar-refractivity contribution in [3.8, 4) is 5.88 Å². The average Bonchev–Trinajstić information content (AvgIpc) is 2.09. The van der Waals surface area contributed by atoms with Gasteiger partial charge < -0.3 is 10.5 Å². The predicted octanol–water partition coefficient (Wildman–Crippen LogP) is 2.64. The van der Waals surface area contributed by atoms with Crippen LogP contribution in [0.1, 0.15) is 12.6 Å². The highest BCUT2D eigenvalue weighted by Gasteiger charge is 2.07. The van der Waals surface area contributed by atoms with Crippen LogP contribution in [0.25, 0.3) is 0 Å². The number of aryl methyl sites for hydroxylation is 1. The third-order valence-corrected chi connectivity index (χ3v) is 2.93. The number of pyridine rings is 1. The number of hydrogen-bond donors (Lipinski definition) is 1.